The molecule has 0 heterocycles. The zero-order chi connectivity index (χ0) is 18.7. The van der Waals surface area contributed by atoms with E-state index in [2.05, 4.69) is 4.72 Å². The van der Waals surface area contributed by atoms with Gasteiger partial charge >= 0.3 is 0 Å². The van der Waals surface area contributed by atoms with Crippen LogP contribution in [0.5, 0.6) is 0 Å². The minimum atomic E-state index is -3.62. The van der Waals surface area contributed by atoms with Crippen LogP contribution in [0.4, 0.5) is 5.69 Å². The van der Waals surface area contributed by atoms with E-state index in [1.807, 2.05) is 80.5 Å². The topological polar surface area (TPSA) is 49.4 Å². The summed E-state index contributed by atoms with van der Waals surface area (Å²) in [6.07, 6.45) is 0.647. The maximum Gasteiger partial charge on any atom is 0.241 e. The Hall–Kier alpha value is -2.37. The molecule has 136 valence electrons. The Morgan fingerprint density at radius 2 is 1.54 bits per heavy atom. The third-order valence-corrected chi connectivity index (χ3v) is 6.02. The van der Waals surface area contributed by atoms with Gasteiger partial charge < -0.3 is 4.90 Å². The third-order valence-electron chi connectivity index (χ3n) is 4.37. The van der Waals surface area contributed by atoms with Gasteiger partial charge in [0.2, 0.25) is 10.0 Å². The summed E-state index contributed by atoms with van der Waals surface area (Å²) in [5, 5.41) is 1.66. The van der Waals surface area contributed by atoms with Crippen molar-refractivity contribution in [1.82, 2.24) is 4.72 Å². The molecule has 0 saturated heterocycles. The summed E-state index contributed by atoms with van der Waals surface area (Å²) in [7, 11) is 0.292. The van der Waals surface area contributed by atoms with Crippen LogP contribution in [-0.2, 0) is 16.4 Å². The van der Waals surface area contributed by atoms with Gasteiger partial charge in [-0.1, -0.05) is 54.6 Å². The van der Waals surface area contributed by atoms with Crippen LogP contribution in [0.15, 0.2) is 71.6 Å². The molecule has 0 amide bonds. The van der Waals surface area contributed by atoms with Gasteiger partial charge in [-0.2, -0.15) is 0 Å². The average Bonchev–Trinajstić information content (AvgIpc) is 2.60. The molecule has 0 bridgehead atoms. The molecule has 26 heavy (non-hydrogen) atoms. The molecule has 1 N–H and O–H groups in total. The van der Waals surface area contributed by atoms with E-state index < -0.39 is 10.0 Å². The number of nitrogens with one attached hydrogen (secondary N) is 1. The number of nitrogens with zero attached hydrogens (tertiary/aromatic N) is 1. The summed E-state index contributed by atoms with van der Waals surface area (Å²) in [4.78, 5) is 2.31. The van der Waals surface area contributed by atoms with Gasteiger partial charge in [0.05, 0.1) is 4.90 Å². The van der Waals surface area contributed by atoms with Crippen molar-refractivity contribution < 1.29 is 8.42 Å². The Morgan fingerprint density at radius 1 is 0.885 bits per heavy atom. The predicted molar refractivity (Wildman–Crippen MR) is 108 cm³/mol. The summed E-state index contributed by atoms with van der Waals surface area (Å²) in [6.45, 7) is 1.89. The molecular weight excluding hydrogens is 344 g/mol. The minimum Gasteiger partial charge on any atom is -0.377 e. The number of anilines is 1. The van der Waals surface area contributed by atoms with Crippen LogP contribution in [0.1, 0.15) is 12.5 Å². The van der Waals surface area contributed by atoms with E-state index in [1.165, 1.54) is 0 Å². The highest BCUT2D eigenvalue weighted by atomic mass is 32.2. The Bertz CT molecular complexity index is 999. The molecule has 0 fully saturated rings. The van der Waals surface area contributed by atoms with Gasteiger partial charge in [0, 0.05) is 36.6 Å². The van der Waals surface area contributed by atoms with Crippen molar-refractivity contribution in [1.29, 1.82) is 0 Å². The number of hydrogen-bond acceptors (Lipinski definition) is 3. The molecule has 0 aromatic heterocycles. The van der Waals surface area contributed by atoms with Crippen molar-refractivity contribution in [3.05, 3.63) is 72.3 Å². The molecule has 0 aliphatic rings. The highest BCUT2D eigenvalue weighted by Crippen LogP contribution is 2.30. The summed E-state index contributed by atoms with van der Waals surface area (Å²) in [5.41, 5.74) is 2.10. The number of rotatable bonds is 6. The molecule has 0 aliphatic heterocycles. The molecule has 3 aromatic carbocycles. The van der Waals surface area contributed by atoms with Crippen molar-refractivity contribution >= 4 is 26.5 Å². The maximum absolute atomic E-state index is 13.0. The Labute approximate surface area is 155 Å². The van der Waals surface area contributed by atoms with Crippen LogP contribution in [0.25, 0.3) is 10.8 Å². The summed E-state index contributed by atoms with van der Waals surface area (Å²) >= 11 is 0. The SMILES string of the molecule is C[C@@H](Cc1ccccc1)NS(=O)(=O)c1cccc2c(N(C)C)cccc12. The lowest BCUT2D eigenvalue weighted by Crippen LogP contribution is -2.34. The lowest BCUT2D eigenvalue weighted by molar-refractivity contribution is 0.560. The highest BCUT2D eigenvalue weighted by Gasteiger charge is 2.20. The maximum atomic E-state index is 13.0. The molecule has 3 aromatic rings. The van der Waals surface area contributed by atoms with E-state index >= 15 is 0 Å². The van der Waals surface area contributed by atoms with Crippen LogP contribution < -0.4 is 9.62 Å². The number of sulfonamides is 1. The third kappa shape index (κ3) is 3.89. The highest BCUT2D eigenvalue weighted by molar-refractivity contribution is 7.89. The lowest BCUT2D eigenvalue weighted by Gasteiger charge is -2.18. The van der Waals surface area contributed by atoms with Crippen molar-refractivity contribution in [3.63, 3.8) is 0 Å². The summed E-state index contributed by atoms with van der Waals surface area (Å²) < 4.78 is 28.8. The fourth-order valence-electron chi connectivity index (χ4n) is 3.23. The monoisotopic (exact) mass is 368 g/mol. The fraction of sp³-hybridized carbons (Fsp3) is 0.238. The van der Waals surface area contributed by atoms with Gasteiger partial charge in [0.1, 0.15) is 0 Å². The molecule has 0 unspecified atom stereocenters. The van der Waals surface area contributed by atoms with E-state index in [0.717, 1.165) is 22.0 Å². The van der Waals surface area contributed by atoms with E-state index in [-0.39, 0.29) is 6.04 Å². The van der Waals surface area contributed by atoms with Crippen molar-refractivity contribution in [3.8, 4) is 0 Å². The Morgan fingerprint density at radius 3 is 2.23 bits per heavy atom. The van der Waals surface area contributed by atoms with Gasteiger partial charge in [-0.25, -0.2) is 13.1 Å². The first-order chi connectivity index (χ1) is 12.4. The average molecular weight is 369 g/mol. The van der Waals surface area contributed by atoms with Gasteiger partial charge in [-0.3, -0.25) is 0 Å². The smallest absolute Gasteiger partial charge is 0.241 e. The number of hydrogen-bond donors (Lipinski definition) is 1. The van der Waals surface area contributed by atoms with E-state index in [0.29, 0.717) is 11.3 Å². The number of benzene rings is 3. The molecule has 0 spiro atoms. The van der Waals surface area contributed by atoms with Crippen LogP contribution >= 0.6 is 0 Å². The van der Waals surface area contributed by atoms with Crippen molar-refractivity contribution in [2.75, 3.05) is 19.0 Å². The molecule has 1 atom stereocenters. The van der Waals surface area contributed by atoms with Gasteiger partial charge in [0.25, 0.3) is 0 Å². The van der Waals surface area contributed by atoms with E-state index in [1.54, 1.807) is 12.1 Å². The van der Waals surface area contributed by atoms with Crippen LogP contribution in [-0.4, -0.2) is 28.6 Å². The second kappa shape index (κ2) is 7.48. The van der Waals surface area contributed by atoms with Crippen LogP contribution in [0.2, 0.25) is 0 Å². The normalized spacial score (nSPS) is 12.9. The first-order valence-corrected chi connectivity index (χ1v) is 10.1. The minimum absolute atomic E-state index is 0.199. The molecule has 0 aliphatic carbocycles. The largest absolute Gasteiger partial charge is 0.377 e. The standard InChI is InChI=1S/C21H24N2O2S/c1-16(15-17-9-5-4-6-10-17)22-26(24,25)21-14-8-11-18-19(21)12-7-13-20(18)23(2)3/h4-14,16,22H,15H2,1-3H3/t16-/m0/s1. The number of fused-ring (bicyclic) bond motifs is 1. The molecule has 0 saturated carbocycles. The van der Waals surface area contributed by atoms with Gasteiger partial charge in [-0.15, -0.1) is 0 Å². The van der Waals surface area contributed by atoms with E-state index in [4.69, 9.17) is 0 Å². The Balaban J connectivity index is 1.93. The van der Waals surface area contributed by atoms with E-state index in [9.17, 15) is 8.42 Å². The molecule has 0 radical (unpaired) electrons. The van der Waals surface area contributed by atoms with Crippen molar-refractivity contribution in [2.45, 2.75) is 24.3 Å². The lowest BCUT2D eigenvalue weighted by atomic mass is 10.1. The fourth-order valence-corrected chi connectivity index (χ4v) is 4.69. The summed E-state index contributed by atoms with van der Waals surface area (Å²) in [5.74, 6) is 0. The zero-order valence-electron chi connectivity index (χ0n) is 15.3. The zero-order valence-corrected chi connectivity index (χ0v) is 16.1. The van der Waals surface area contributed by atoms with Gasteiger partial charge in [0.15, 0.2) is 0 Å². The molecular formula is C21H24N2O2S. The second-order valence-electron chi connectivity index (χ2n) is 6.73. The van der Waals surface area contributed by atoms with Crippen molar-refractivity contribution in [2.24, 2.45) is 0 Å². The predicted octanol–water partition coefficient (Wildman–Crippen LogP) is 3.82. The Kier molecular flexibility index (Phi) is 5.30. The quantitative estimate of drug-likeness (QED) is 0.720. The molecule has 5 heteroatoms. The molecule has 4 nitrogen and oxygen atoms in total. The first kappa shape index (κ1) is 18.4. The van der Waals surface area contributed by atoms with Crippen LogP contribution in [0.3, 0.4) is 0 Å². The first-order valence-electron chi connectivity index (χ1n) is 8.64. The second-order valence-corrected chi connectivity index (χ2v) is 8.42. The molecule has 3 rings (SSSR count). The van der Waals surface area contributed by atoms with Gasteiger partial charge in [-0.05, 0) is 31.0 Å². The summed E-state index contributed by atoms with van der Waals surface area (Å²) in [6, 6.07) is 20.9. The van der Waals surface area contributed by atoms with Crippen LogP contribution in [0, 0.1) is 0 Å².